The average Bonchev–Trinajstić information content (AvgIpc) is 2.36. The van der Waals surface area contributed by atoms with Crippen LogP contribution in [0.2, 0.25) is 0 Å². The molecule has 2 N–H and O–H groups in total. The smallest absolute Gasteiger partial charge is 0.309 e. The van der Waals surface area contributed by atoms with Gasteiger partial charge in [0.15, 0.2) is 0 Å². The number of nitrogens with zero attached hydrogens (tertiary/aromatic N) is 1. The van der Waals surface area contributed by atoms with E-state index in [1.54, 1.807) is 13.8 Å². The molecule has 1 amide bonds. The minimum atomic E-state index is -1.01. The van der Waals surface area contributed by atoms with E-state index < -0.39 is 11.4 Å². The van der Waals surface area contributed by atoms with Crippen LogP contribution in [0, 0.1) is 5.41 Å². The molecule has 1 fully saturated rings. The molecule has 20 heavy (non-hydrogen) atoms. The standard InChI is InChI=1S/C15H28N2O3/c1-14(2,13(19)20)10-12(18)16-11-15(17(3)4)8-6-5-7-9-15/h5-11H2,1-4H3,(H,16,18)(H,19,20). The lowest BCUT2D eigenvalue weighted by Gasteiger charge is -2.43. The summed E-state index contributed by atoms with van der Waals surface area (Å²) in [5, 5.41) is 12.0. The SMILES string of the molecule is CN(C)C1(CNC(=O)CC(C)(C)C(=O)O)CCCCC1. The molecule has 1 aliphatic carbocycles. The van der Waals surface area contributed by atoms with Crippen molar-refractivity contribution < 1.29 is 14.7 Å². The number of nitrogens with one attached hydrogen (secondary N) is 1. The van der Waals surface area contributed by atoms with Crippen LogP contribution in [0.25, 0.3) is 0 Å². The minimum absolute atomic E-state index is 0.0197. The molecule has 0 aromatic heterocycles. The fourth-order valence-electron chi connectivity index (χ4n) is 2.79. The highest BCUT2D eigenvalue weighted by molar-refractivity contribution is 5.84. The second-order valence-electron chi connectivity index (χ2n) is 6.82. The highest BCUT2D eigenvalue weighted by Gasteiger charge is 2.35. The summed E-state index contributed by atoms with van der Waals surface area (Å²) in [7, 11) is 4.11. The lowest BCUT2D eigenvalue weighted by atomic mass is 9.80. The van der Waals surface area contributed by atoms with Gasteiger partial charge in [0.2, 0.25) is 5.91 Å². The van der Waals surface area contributed by atoms with E-state index in [9.17, 15) is 9.59 Å². The van der Waals surface area contributed by atoms with Crippen molar-refractivity contribution >= 4 is 11.9 Å². The molecule has 1 saturated carbocycles. The average molecular weight is 284 g/mol. The number of rotatable bonds is 6. The number of hydrogen-bond acceptors (Lipinski definition) is 3. The molecule has 0 spiro atoms. The van der Waals surface area contributed by atoms with E-state index in [4.69, 9.17) is 5.11 Å². The van der Waals surface area contributed by atoms with Crippen LogP contribution in [-0.4, -0.2) is 48.1 Å². The Hall–Kier alpha value is -1.10. The van der Waals surface area contributed by atoms with Crippen LogP contribution in [0.5, 0.6) is 0 Å². The molecule has 0 aromatic rings. The molecule has 0 radical (unpaired) electrons. The van der Waals surface area contributed by atoms with Crippen LogP contribution >= 0.6 is 0 Å². The Morgan fingerprint density at radius 2 is 1.75 bits per heavy atom. The fourth-order valence-corrected chi connectivity index (χ4v) is 2.79. The van der Waals surface area contributed by atoms with E-state index in [0.717, 1.165) is 12.8 Å². The van der Waals surface area contributed by atoms with Crippen molar-refractivity contribution in [2.45, 2.75) is 57.9 Å². The number of carboxylic acids is 1. The second-order valence-corrected chi connectivity index (χ2v) is 6.82. The highest BCUT2D eigenvalue weighted by atomic mass is 16.4. The molecule has 0 atom stereocenters. The first-order valence-electron chi connectivity index (χ1n) is 7.37. The van der Waals surface area contributed by atoms with Crippen molar-refractivity contribution in [2.75, 3.05) is 20.6 Å². The Labute approximate surface area is 121 Å². The molecule has 0 unspecified atom stereocenters. The van der Waals surface area contributed by atoms with E-state index >= 15 is 0 Å². The van der Waals surface area contributed by atoms with E-state index in [1.165, 1.54) is 19.3 Å². The fraction of sp³-hybridized carbons (Fsp3) is 0.867. The number of aliphatic carboxylic acids is 1. The largest absolute Gasteiger partial charge is 0.481 e. The Balaban J connectivity index is 2.56. The zero-order valence-corrected chi connectivity index (χ0v) is 13.2. The third-order valence-electron chi connectivity index (χ3n) is 4.53. The summed E-state index contributed by atoms with van der Waals surface area (Å²) in [5.41, 5.74) is -0.983. The van der Waals surface area contributed by atoms with E-state index in [0.29, 0.717) is 6.54 Å². The molecule has 5 nitrogen and oxygen atoms in total. The van der Waals surface area contributed by atoms with Crippen LogP contribution in [0.1, 0.15) is 52.4 Å². The van der Waals surface area contributed by atoms with Gasteiger partial charge in [-0.3, -0.25) is 9.59 Å². The third-order valence-corrected chi connectivity index (χ3v) is 4.53. The monoisotopic (exact) mass is 284 g/mol. The van der Waals surface area contributed by atoms with Crippen LogP contribution in [-0.2, 0) is 9.59 Å². The highest BCUT2D eigenvalue weighted by Crippen LogP contribution is 2.31. The van der Waals surface area contributed by atoms with Gasteiger partial charge in [-0.15, -0.1) is 0 Å². The summed E-state index contributed by atoms with van der Waals surface area (Å²) >= 11 is 0. The van der Waals surface area contributed by atoms with Crippen LogP contribution in [0.4, 0.5) is 0 Å². The molecule has 0 bridgehead atoms. The molecule has 5 heteroatoms. The minimum Gasteiger partial charge on any atom is -0.481 e. The summed E-state index contributed by atoms with van der Waals surface area (Å²) in [6.45, 7) is 3.77. The normalized spacial score (nSPS) is 18.9. The van der Waals surface area contributed by atoms with Crippen molar-refractivity contribution in [1.29, 1.82) is 0 Å². The molecular formula is C15H28N2O3. The van der Waals surface area contributed by atoms with Gasteiger partial charge in [0.05, 0.1) is 5.41 Å². The second kappa shape index (κ2) is 6.57. The third kappa shape index (κ3) is 4.20. The van der Waals surface area contributed by atoms with Gasteiger partial charge in [-0.25, -0.2) is 0 Å². The Morgan fingerprint density at radius 3 is 2.20 bits per heavy atom. The van der Waals surface area contributed by atoms with Gasteiger partial charge in [0.25, 0.3) is 0 Å². The lowest BCUT2D eigenvalue weighted by molar-refractivity contribution is -0.149. The number of carbonyl (C=O) groups excluding carboxylic acids is 1. The number of carboxylic acid groups (broad SMARTS) is 1. The summed E-state index contributed by atoms with van der Waals surface area (Å²) < 4.78 is 0. The predicted octanol–water partition coefficient (Wildman–Crippen LogP) is 1.87. The lowest BCUT2D eigenvalue weighted by Crippen LogP contribution is -2.54. The van der Waals surface area contributed by atoms with E-state index in [1.807, 2.05) is 0 Å². The summed E-state index contributed by atoms with van der Waals surface area (Å²) in [6.07, 6.45) is 5.83. The molecule has 0 saturated heterocycles. The Kier molecular flexibility index (Phi) is 5.57. The van der Waals surface area contributed by atoms with Crippen molar-refractivity contribution in [3.63, 3.8) is 0 Å². The van der Waals surface area contributed by atoms with Gasteiger partial charge in [-0.05, 0) is 40.8 Å². The van der Waals surface area contributed by atoms with Crippen LogP contribution < -0.4 is 5.32 Å². The van der Waals surface area contributed by atoms with Crippen LogP contribution in [0.3, 0.4) is 0 Å². The molecule has 0 heterocycles. The first-order chi connectivity index (χ1) is 9.19. The number of hydrogen-bond donors (Lipinski definition) is 2. The van der Waals surface area contributed by atoms with E-state index in [-0.39, 0.29) is 17.9 Å². The van der Waals surface area contributed by atoms with Crippen molar-refractivity contribution in [3.05, 3.63) is 0 Å². The molecule has 1 aliphatic rings. The molecular weight excluding hydrogens is 256 g/mol. The van der Waals surface area contributed by atoms with Gasteiger partial charge < -0.3 is 15.3 Å². The summed E-state index contributed by atoms with van der Waals surface area (Å²) in [5.74, 6) is -1.11. The Morgan fingerprint density at radius 1 is 1.20 bits per heavy atom. The van der Waals surface area contributed by atoms with Crippen LogP contribution in [0.15, 0.2) is 0 Å². The molecule has 0 aliphatic heterocycles. The maximum Gasteiger partial charge on any atom is 0.309 e. The predicted molar refractivity (Wildman–Crippen MR) is 78.5 cm³/mol. The topological polar surface area (TPSA) is 69.6 Å². The Bertz CT molecular complexity index is 358. The summed E-state index contributed by atoms with van der Waals surface area (Å²) in [6, 6.07) is 0. The maximum absolute atomic E-state index is 12.0. The number of likely N-dealkylation sites (N-methyl/N-ethyl adjacent to an activating group) is 1. The molecule has 1 rings (SSSR count). The van der Waals surface area contributed by atoms with E-state index in [2.05, 4.69) is 24.3 Å². The van der Waals surface area contributed by atoms with Gasteiger partial charge >= 0.3 is 5.97 Å². The molecule has 116 valence electrons. The summed E-state index contributed by atoms with van der Waals surface area (Å²) in [4.78, 5) is 25.2. The molecule has 0 aromatic carbocycles. The zero-order chi connectivity index (χ0) is 15.4. The number of carbonyl (C=O) groups is 2. The van der Waals surface area contributed by atoms with Gasteiger partial charge in [-0.2, -0.15) is 0 Å². The first kappa shape index (κ1) is 17.0. The van der Waals surface area contributed by atoms with Gasteiger partial charge in [0.1, 0.15) is 0 Å². The van der Waals surface area contributed by atoms with Crippen molar-refractivity contribution in [1.82, 2.24) is 10.2 Å². The first-order valence-corrected chi connectivity index (χ1v) is 7.37. The quantitative estimate of drug-likeness (QED) is 0.781. The zero-order valence-electron chi connectivity index (χ0n) is 13.2. The van der Waals surface area contributed by atoms with Gasteiger partial charge in [0, 0.05) is 18.5 Å². The van der Waals surface area contributed by atoms with Gasteiger partial charge in [-0.1, -0.05) is 19.3 Å². The maximum atomic E-state index is 12.0. The number of amides is 1. The van der Waals surface area contributed by atoms with Crippen molar-refractivity contribution in [3.8, 4) is 0 Å². The van der Waals surface area contributed by atoms with Crippen molar-refractivity contribution in [2.24, 2.45) is 5.41 Å².